The van der Waals surface area contributed by atoms with Gasteiger partial charge in [0.15, 0.2) is 0 Å². The van der Waals surface area contributed by atoms with E-state index in [1.54, 1.807) is 12.1 Å². The van der Waals surface area contributed by atoms with E-state index in [9.17, 15) is 8.42 Å². The second-order valence-electron chi connectivity index (χ2n) is 7.26. The predicted molar refractivity (Wildman–Crippen MR) is 136 cm³/mol. The Bertz CT molecular complexity index is 1210. The van der Waals surface area contributed by atoms with Crippen LogP contribution < -0.4 is 5.32 Å². The first-order valence-corrected chi connectivity index (χ1v) is 12.6. The van der Waals surface area contributed by atoms with E-state index in [1.165, 1.54) is 10.5 Å². The second kappa shape index (κ2) is 10.2. The van der Waals surface area contributed by atoms with Crippen LogP contribution in [0.4, 0.5) is 11.5 Å². The summed E-state index contributed by atoms with van der Waals surface area (Å²) < 4.78 is 29.7. The van der Waals surface area contributed by atoms with Gasteiger partial charge in [-0.2, -0.15) is 4.31 Å². The summed E-state index contributed by atoms with van der Waals surface area (Å²) in [7, 11) is -3.75. The van der Waals surface area contributed by atoms with Gasteiger partial charge in [-0.3, -0.25) is 0 Å². The first-order valence-electron chi connectivity index (χ1n) is 10.1. The zero-order valence-electron chi connectivity index (χ0n) is 17.2. The smallest absolute Gasteiger partial charge is 0.245 e. The van der Waals surface area contributed by atoms with Gasteiger partial charge in [-0.1, -0.05) is 60.7 Å². The van der Waals surface area contributed by atoms with E-state index in [1.807, 2.05) is 84.9 Å². The van der Waals surface area contributed by atoms with E-state index in [4.69, 9.17) is 0 Å². The van der Waals surface area contributed by atoms with Crippen LogP contribution in [0.2, 0.25) is 0 Å². The molecule has 0 spiro atoms. The third-order valence-corrected chi connectivity index (χ3v) is 7.39. The van der Waals surface area contributed by atoms with E-state index in [0.717, 1.165) is 20.4 Å². The van der Waals surface area contributed by atoms with Crippen molar-refractivity contribution in [3.8, 4) is 0 Å². The molecule has 5 nitrogen and oxygen atoms in total. The van der Waals surface area contributed by atoms with Crippen LogP contribution in [0, 0.1) is 3.57 Å². The molecule has 0 aliphatic carbocycles. The average Bonchev–Trinajstić information content (AvgIpc) is 2.82. The number of pyridine rings is 1. The van der Waals surface area contributed by atoms with Crippen LogP contribution in [0.3, 0.4) is 0 Å². The van der Waals surface area contributed by atoms with Crippen molar-refractivity contribution in [3.05, 3.63) is 118 Å². The van der Waals surface area contributed by atoms with Gasteiger partial charge < -0.3 is 5.32 Å². The Balaban J connectivity index is 1.58. The van der Waals surface area contributed by atoms with Gasteiger partial charge in [0.25, 0.3) is 0 Å². The first kappa shape index (κ1) is 22.4. The van der Waals surface area contributed by atoms with E-state index < -0.39 is 10.0 Å². The minimum absolute atomic E-state index is 0.164. The predicted octanol–water partition coefficient (Wildman–Crippen LogP) is 5.82. The van der Waals surface area contributed by atoms with Gasteiger partial charge in [-0.15, -0.1) is 0 Å². The Labute approximate surface area is 202 Å². The van der Waals surface area contributed by atoms with Crippen LogP contribution in [0.1, 0.15) is 11.1 Å². The van der Waals surface area contributed by atoms with Crippen molar-refractivity contribution < 1.29 is 8.42 Å². The molecular formula is C25H22IN3O2S. The van der Waals surface area contributed by atoms with Crippen LogP contribution in [0.5, 0.6) is 0 Å². The fraction of sp³-hybridized carbons (Fsp3) is 0.0800. The third kappa shape index (κ3) is 5.73. The molecule has 0 radical (unpaired) electrons. The SMILES string of the molecule is O=S(=O)(c1ccc(Nc2ccc(I)cc2)nc1)N(Cc1ccccc1)Cc1ccccc1. The molecule has 0 aliphatic heterocycles. The minimum atomic E-state index is -3.75. The fourth-order valence-electron chi connectivity index (χ4n) is 3.24. The zero-order valence-corrected chi connectivity index (χ0v) is 20.2. The molecule has 0 amide bonds. The van der Waals surface area contributed by atoms with Gasteiger partial charge in [0, 0.05) is 28.5 Å². The molecule has 0 bridgehead atoms. The maximum atomic E-state index is 13.5. The number of rotatable bonds is 8. The lowest BCUT2D eigenvalue weighted by Gasteiger charge is -2.22. The lowest BCUT2D eigenvalue weighted by molar-refractivity contribution is 0.401. The van der Waals surface area contributed by atoms with Gasteiger partial charge >= 0.3 is 0 Å². The normalized spacial score (nSPS) is 11.4. The van der Waals surface area contributed by atoms with Crippen LogP contribution in [0.25, 0.3) is 0 Å². The molecule has 162 valence electrons. The largest absolute Gasteiger partial charge is 0.340 e. The van der Waals surface area contributed by atoms with Gasteiger partial charge in [0.2, 0.25) is 10.0 Å². The Morgan fingerprint density at radius 3 is 1.81 bits per heavy atom. The molecule has 4 aromatic rings. The summed E-state index contributed by atoms with van der Waals surface area (Å²) in [5, 5.41) is 3.20. The monoisotopic (exact) mass is 555 g/mol. The highest BCUT2D eigenvalue weighted by Crippen LogP contribution is 2.23. The van der Waals surface area contributed by atoms with E-state index >= 15 is 0 Å². The molecule has 0 saturated heterocycles. The molecule has 1 N–H and O–H groups in total. The standard InChI is InChI=1S/C25H22IN3O2S/c26-22-11-13-23(14-12-22)28-25-16-15-24(17-27-25)32(30,31)29(18-20-7-3-1-4-8-20)19-21-9-5-2-6-10-21/h1-17H,18-19H2,(H,27,28). The van der Waals surface area contributed by atoms with Crippen molar-refractivity contribution in [3.63, 3.8) is 0 Å². The Kier molecular flexibility index (Phi) is 7.19. The lowest BCUT2D eigenvalue weighted by atomic mass is 10.2. The number of nitrogens with zero attached hydrogens (tertiary/aromatic N) is 2. The summed E-state index contributed by atoms with van der Waals surface area (Å²) in [6.07, 6.45) is 1.41. The number of aromatic nitrogens is 1. The summed E-state index contributed by atoms with van der Waals surface area (Å²) in [5.41, 5.74) is 2.75. The molecule has 3 aromatic carbocycles. The molecule has 0 aliphatic rings. The highest BCUT2D eigenvalue weighted by molar-refractivity contribution is 14.1. The fourth-order valence-corrected chi connectivity index (χ4v) is 4.96. The second-order valence-corrected chi connectivity index (χ2v) is 10.4. The molecule has 0 unspecified atom stereocenters. The third-order valence-electron chi connectivity index (χ3n) is 4.89. The minimum Gasteiger partial charge on any atom is -0.340 e. The molecule has 1 heterocycles. The van der Waals surface area contributed by atoms with Crippen molar-refractivity contribution in [2.45, 2.75) is 18.0 Å². The first-order chi connectivity index (χ1) is 15.5. The summed E-state index contributed by atoms with van der Waals surface area (Å²) in [4.78, 5) is 4.50. The highest BCUT2D eigenvalue weighted by Gasteiger charge is 2.25. The number of hydrogen-bond acceptors (Lipinski definition) is 4. The lowest BCUT2D eigenvalue weighted by Crippen LogP contribution is -2.30. The number of halogens is 1. The highest BCUT2D eigenvalue weighted by atomic mass is 127. The number of nitrogens with one attached hydrogen (secondary N) is 1. The number of sulfonamides is 1. The van der Waals surface area contributed by atoms with Crippen molar-refractivity contribution in [1.29, 1.82) is 0 Å². The summed E-state index contributed by atoms with van der Waals surface area (Å²) >= 11 is 2.25. The Hall–Kier alpha value is -2.75. The summed E-state index contributed by atoms with van der Waals surface area (Å²) in [6, 6.07) is 30.4. The Morgan fingerprint density at radius 2 is 1.31 bits per heavy atom. The van der Waals surface area contributed by atoms with Crippen molar-refractivity contribution in [1.82, 2.24) is 9.29 Å². The molecule has 0 fully saturated rings. The molecule has 0 atom stereocenters. The van der Waals surface area contributed by atoms with Crippen molar-refractivity contribution in [2.75, 3.05) is 5.32 Å². The molecule has 1 aromatic heterocycles. The van der Waals surface area contributed by atoms with E-state index in [2.05, 4.69) is 32.9 Å². The summed E-state index contributed by atoms with van der Waals surface area (Å²) in [5.74, 6) is 0.586. The Morgan fingerprint density at radius 1 is 0.750 bits per heavy atom. The van der Waals surface area contributed by atoms with E-state index in [-0.39, 0.29) is 18.0 Å². The molecule has 0 saturated carbocycles. The quantitative estimate of drug-likeness (QED) is 0.279. The van der Waals surface area contributed by atoms with Crippen LogP contribution in [-0.2, 0) is 23.1 Å². The molecule has 32 heavy (non-hydrogen) atoms. The van der Waals surface area contributed by atoms with Crippen LogP contribution in [-0.4, -0.2) is 17.7 Å². The van der Waals surface area contributed by atoms with Crippen molar-refractivity contribution in [2.24, 2.45) is 0 Å². The maximum absolute atomic E-state index is 13.5. The summed E-state index contributed by atoms with van der Waals surface area (Å²) in [6.45, 7) is 0.557. The maximum Gasteiger partial charge on any atom is 0.245 e. The van der Waals surface area contributed by atoms with Crippen molar-refractivity contribution >= 4 is 44.1 Å². The topological polar surface area (TPSA) is 62.3 Å². The van der Waals surface area contributed by atoms with Gasteiger partial charge in [0.05, 0.1) is 0 Å². The number of hydrogen-bond donors (Lipinski definition) is 1. The number of anilines is 2. The van der Waals surface area contributed by atoms with Gasteiger partial charge in [-0.05, 0) is 70.1 Å². The van der Waals surface area contributed by atoms with Gasteiger partial charge in [0.1, 0.15) is 10.7 Å². The van der Waals surface area contributed by atoms with Crippen LogP contribution in [0.15, 0.2) is 108 Å². The van der Waals surface area contributed by atoms with E-state index in [0.29, 0.717) is 5.82 Å². The van der Waals surface area contributed by atoms with Gasteiger partial charge in [-0.25, -0.2) is 13.4 Å². The molecule has 4 rings (SSSR count). The zero-order chi connectivity index (χ0) is 22.4. The molecule has 7 heteroatoms. The number of benzene rings is 3. The van der Waals surface area contributed by atoms with Crippen LogP contribution >= 0.6 is 22.6 Å². The molecular weight excluding hydrogens is 533 g/mol. The average molecular weight is 555 g/mol.